The van der Waals surface area contributed by atoms with Crippen molar-refractivity contribution in [3.05, 3.63) is 27.7 Å². The SMILES string of the molecule is COc1c(N2CC[C@@H](CNC(=O)OC(C)(C)C)C2)c(F)cc2c(=O)c3c(n(C4CC4)c12)SC(C(C)=O)C3=O. The van der Waals surface area contributed by atoms with Crippen LogP contribution < -0.4 is 20.4 Å². The molecule has 3 heterocycles. The molecule has 1 saturated carbocycles. The summed E-state index contributed by atoms with van der Waals surface area (Å²) in [5.74, 6) is -1.13. The molecule has 1 aliphatic carbocycles. The van der Waals surface area contributed by atoms with Gasteiger partial charge in [0.25, 0.3) is 0 Å². The number of carbonyl (C=O) groups is 3. The van der Waals surface area contributed by atoms with Gasteiger partial charge in [0.15, 0.2) is 23.1 Å². The molecule has 0 spiro atoms. The largest absolute Gasteiger partial charge is 0.492 e. The molecule has 0 bridgehead atoms. The van der Waals surface area contributed by atoms with E-state index in [0.29, 0.717) is 30.2 Å². The van der Waals surface area contributed by atoms with Gasteiger partial charge in [0, 0.05) is 25.7 Å². The maximum atomic E-state index is 15.7. The van der Waals surface area contributed by atoms with E-state index in [1.807, 2.05) is 9.47 Å². The van der Waals surface area contributed by atoms with E-state index in [0.717, 1.165) is 31.0 Å². The molecule has 1 N–H and O–H groups in total. The third-order valence-electron chi connectivity index (χ3n) is 7.06. The summed E-state index contributed by atoms with van der Waals surface area (Å²) < 4.78 is 28.7. The molecule has 2 atom stereocenters. The molecule has 1 unspecified atom stereocenters. The van der Waals surface area contributed by atoms with Crippen LogP contribution in [0.3, 0.4) is 0 Å². The Kier molecular flexibility index (Phi) is 6.69. The lowest BCUT2D eigenvalue weighted by Crippen LogP contribution is -2.36. The molecular formula is C27H32FN3O6S. The fourth-order valence-electron chi connectivity index (χ4n) is 5.28. The van der Waals surface area contributed by atoms with E-state index in [4.69, 9.17) is 9.47 Å². The summed E-state index contributed by atoms with van der Waals surface area (Å²) in [5.41, 5.74) is -0.491. The Bertz CT molecular complexity index is 1410. The molecule has 11 heteroatoms. The number of nitrogens with one attached hydrogen (secondary N) is 1. The number of anilines is 1. The number of ether oxygens (including phenoxy) is 2. The summed E-state index contributed by atoms with van der Waals surface area (Å²) in [7, 11) is 1.45. The number of hydrogen-bond acceptors (Lipinski definition) is 8. The van der Waals surface area contributed by atoms with E-state index in [1.54, 1.807) is 20.8 Å². The number of Topliss-reactive ketones (excluding diaryl/α,β-unsaturated/α-hetero) is 2. The number of alkyl carbamates (subject to hydrolysis) is 1. The summed E-state index contributed by atoms with van der Waals surface area (Å²) >= 11 is 1.10. The summed E-state index contributed by atoms with van der Waals surface area (Å²) in [5, 5.41) is 2.37. The van der Waals surface area contributed by atoms with Crippen LogP contribution in [0.25, 0.3) is 10.9 Å². The van der Waals surface area contributed by atoms with Gasteiger partial charge in [0.1, 0.15) is 16.5 Å². The lowest BCUT2D eigenvalue weighted by atomic mass is 10.0. The molecule has 5 rings (SSSR count). The number of thioether (sulfide) groups is 1. The number of benzene rings is 1. The van der Waals surface area contributed by atoms with E-state index in [9.17, 15) is 19.2 Å². The van der Waals surface area contributed by atoms with Gasteiger partial charge in [0.05, 0.1) is 28.6 Å². The van der Waals surface area contributed by atoms with Gasteiger partial charge in [-0.15, -0.1) is 0 Å². The second kappa shape index (κ2) is 9.59. The molecule has 38 heavy (non-hydrogen) atoms. The van der Waals surface area contributed by atoms with Crippen molar-refractivity contribution >= 4 is 46.0 Å². The van der Waals surface area contributed by atoms with Gasteiger partial charge in [-0.2, -0.15) is 0 Å². The number of rotatable bonds is 6. The summed E-state index contributed by atoms with van der Waals surface area (Å²) in [6, 6.07) is 1.23. The molecule has 1 amide bonds. The van der Waals surface area contributed by atoms with Gasteiger partial charge in [0.2, 0.25) is 5.43 Å². The number of pyridine rings is 1. The van der Waals surface area contributed by atoms with E-state index < -0.39 is 34.0 Å². The Morgan fingerprint density at radius 2 is 1.92 bits per heavy atom. The molecule has 2 fully saturated rings. The minimum Gasteiger partial charge on any atom is -0.492 e. The van der Waals surface area contributed by atoms with Gasteiger partial charge in [-0.05, 0) is 58.9 Å². The van der Waals surface area contributed by atoms with Crippen LogP contribution in [0.4, 0.5) is 14.9 Å². The number of nitrogens with zero attached hydrogens (tertiary/aromatic N) is 2. The summed E-state index contributed by atoms with van der Waals surface area (Å²) in [6.45, 7) is 8.13. The molecule has 1 saturated heterocycles. The fraction of sp³-hybridized carbons (Fsp3) is 0.556. The monoisotopic (exact) mass is 545 g/mol. The average molecular weight is 546 g/mol. The highest BCUT2D eigenvalue weighted by Crippen LogP contribution is 2.49. The smallest absolute Gasteiger partial charge is 0.407 e. The molecule has 2 aromatic rings. The molecule has 1 aromatic heterocycles. The van der Waals surface area contributed by atoms with Crippen LogP contribution in [-0.2, 0) is 9.53 Å². The van der Waals surface area contributed by atoms with E-state index in [2.05, 4.69) is 5.32 Å². The number of halogens is 1. The number of fused-ring (bicyclic) bond motifs is 2. The topological polar surface area (TPSA) is 107 Å². The molecule has 9 nitrogen and oxygen atoms in total. The highest BCUT2D eigenvalue weighted by molar-refractivity contribution is 8.02. The molecule has 1 aromatic carbocycles. The van der Waals surface area contributed by atoms with Crippen LogP contribution >= 0.6 is 11.8 Å². The zero-order chi connectivity index (χ0) is 27.5. The van der Waals surface area contributed by atoms with Crippen LogP contribution in [-0.4, -0.2) is 59.8 Å². The Balaban J connectivity index is 1.53. The van der Waals surface area contributed by atoms with Crippen molar-refractivity contribution in [3.63, 3.8) is 0 Å². The van der Waals surface area contributed by atoms with Gasteiger partial charge < -0.3 is 24.3 Å². The highest BCUT2D eigenvalue weighted by atomic mass is 32.2. The van der Waals surface area contributed by atoms with Crippen molar-refractivity contribution in [3.8, 4) is 5.75 Å². The predicted molar refractivity (Wildman–Crippen MR) is 142 cm³/mol. The van der Waals surface area contributed by atoms with Gasteiger partial charge in [-0.25, -0.2) is 9.18 Å². The van der Waals surface area contributed by atoms with Crippen molar-refractivity contribution < 1.29 is 28.2 Å². The van der Waals surface area contributed by atoms with Crippen molar-refractivity contribution in [2.24, 2.45) is 5.92 Å². The first-order valence-corrected chi connectivity index (χ1v) is 13.7. The first-order valence-electron chi connectivity index (χ1n) is 12.8. The maximum Gasteiger partial charge on any atom is 0.407 e. The lowest BCUT2D eigenvalue weighted by Gasteiger charge is -2.25. The number of aromatic nitrogens is 1. The summed E-state index contributed by atoms with van der Waals surface area (Å²) in [6.07, 6.45) is 1.92. The van der Waals surface area contributed by atoms with Crippen LogP contribution in [0.1, 0.15) is 63.4 Å². The predicted octanol–water partition coefficient (Wildman–Crippen LogP) is 4.08. The second-order valence-electron chi connectivity index (χ2n) is 11.2. The van der Waals surface area contributed by atoms with Gasteiger partial charge in [-0.3, -0.25) is 14.4 Å². The Morgan fingerprint density at radius 3 is 2.53 bits per heavy atom. The molecule has 3 aliphatic rings. The number of ketones is 2. The third kappa shape index (κ3) is 4.65. The highest BCUT2D eigenvalue weighted by Gasteiger charge is 2.43. The van der Waals surface area contributed by atoms with Crippen LogP contribution in [0.5, 0.6) is 5.75 Å². The van der Waals surface area contributed by atoms with E-state index in [1.165, 1.54) is 20.1 Å². The van der Waals surface area contributed by atoms with Crippen molar-refractivity contribution in [2.45, 2.75) is 68.9 Å². The first kappa shape index (κ1) is 26.5. The van der Waals surface area contributed by atoms with E-state index >= 15 is 4.39 Å². The minimum atomic E-state index is -0.966. The van der Waals surface area contributed by atoms with Crippen molar-refractivity contribution in [2.75, 3.05) is 31.6 Å². The summed E-state index contributed by atoms with van der Waals surface area (Å²) in [4.78, 5) is 52.6. The van der Waals surface area contributed by atoms with Crippen LogP contribution in [0.2, 0.25) is 0 Å². The normalized spacial score (nSPS) is 21.1. The van der Waals surface area contributed by atoms with Crippen molar-refractivity contribution in [1.29, 1.82) is 0 Å². The standard InChI is InChI=1S/C27H32FN3O6S/c1-13(32)24-22(34)18-21(33)16-10-17(28)20(23(36-5)19(16)31(15-6-7-15)25(18)38-24)30-9-8-14(12-30)11-29-26(35)37-27(2,3)4/h10,14-15,24H,6-9,11-12H2,1-5H3,(H,29,35)/t14-,24?/m0/s1. The van der Waals surface area contributed by atoms with Crippen LogP contribution in [0, 0.1) is 11.7 Å². The Morgan fingerprint density at radius 1 is 1.21 bits per heavy atom. The third-order valence-corrected chi connectivity index (χ3v) is 8.47. The number of amides is 1. The Labute approximate surface area is 224 Å². The number of hydrogen-bond donors (Lipinski definition) is 1. The zero-order valence-electron chi connectivity index (χ0n) is 22.2. The number of carbonyl (C=O) groups excluding carboxylic acids is 3. The molecule has 0 radical (unpaired) electrons. The van der Waals surface area contributed by atoms with Crippen LogP contribution in [0.15, 0.2) is 15.9 Å². The van der Waals surface area contributed by atoms with Gasteiger partial charge in [-0.1, -0.05) is 11.8 Å². The van der Waals surface area contributed by atoms with Gasteiger partial charge >= 0.3 is 6.09 Å². The van der Waals surface area contributed by atoms with Crippen molar-refractivity contribution in [1.82, 2.24) is 9.88 Å². The first-order chi connectivity index (χ1) is 17.9. The lowest BCUT2D eigenvalue weighted by molar-refractivity contribution is -0.115. The van der Waals surface area contributed by atoms with E-state index in [-0.39, 0.29) is 40.1 Å². The average Bonchev–Trinajstić information content (AvgIpc) is 3.45. The second-order valence-corrected chi connectivity index (χ2v) is 12.3. The molecule has 2 aliphatic heterocycles. The number of methoxy groups -OCH3 is 1. The quantitative estimate of drug-likeness (QED) is 0.542. The zero-order valence-corrected chi connectivity index (χ0v) is 23.0. The molecule has 204 valence electrons. The molecular weight excluding hydrogens is 513 g/mol. The Hall–Kier alpha value is -3.08. The maximum absolute atomic E-state index is 15.7. The fourth-order valence-corrected chi connectivity index (χ4v) is 6.56. The minimum absolute atomic E-state index is 0.0294.